The summed E-state index contributed by atoms with van der Waals surface area (Å²) in [4.78, 5) is 25.0. The van der Waals surface area contributed by atoms with Crippen LogP contribution in [-0.4, -0.2) is 26.3 Å². The number of ketones is 1. The third-order valence-corrected chi connectivity index (χ3v) is 4.54. The highest BCUT2D eigenvalue weighted by Gasteiger charge is 2.18. The van der Waals surface area contributed by atoms with Gasteiger partial charge < -0.3 is 5.32 Å². The number of Topliss-reactive ketones (excluding diaryl/α,β-unsaturated/α-hetero) is 1. The molecule has 0 saturated carbocycles. The summed E-state index contributed by atoms with van der Waals surface area (Å²) in [5, 5.41) is 10.9. The second-order valence-corrected chi connectivity index (χ2v) is 5.95. The second kappa shape index (κ2) is 5.34. The monoisotopic (exact) mass is 314 g/mol. The molecule has 0 aliphatic heterocycles. The normalized spacial score (nSPS) is 10.9. The average molecular weight is 314 g/mol. The molecule has 0 spiro atoms. The fourth-order valence-electron chi connectivity index (χ4n) is 2.25. The van der Waals surface area contributed by atoms with E-state index in [-0.39, 0.29) is 11.7 Å². The zero-order chi connectivity index (χ0) is 15.9. The van der Waals surface area contributed by atoms with Gasteiger partial charge in [0.2, 0.25) is 4.96 Å². The van der Waals surface area contributed by atoms with Gasteiger partial charge in [0, 0.05) is 16.9 Å². The Labute approximate surface area is 130 Å². The van der Waals surface area contributed by atoms with E-state index >= 15 is 0 Å². The third kappa shape index (κ3) is 2.39. The van der Waals surface area contributed by atoms with E-state index in [2.05, 4.69) is 15.5 Å². The minimum atomic E-state index is -0.192. The average Bonchev–Trinajstić information content (AvgIpc) is 3.01. The maximum absolute atomic E-state index is 12.4. The highest BCUT2D eigenvalue weighted by atomic mass is 32.1. The van der Waals surface area contributed by atoms with Crippen molar-refractivity contribution in [2.24, 2.45) is 0 Å². The molecule has 3 rings (SSSR count). The maximum Gasteiger partial charge on any atom is 0.267 e. The lowest BCUT2D eigenvalue weighted by Crippen LogP contribution is -2.12. The van der Waals surface area contributed by atoms with E-state index in [0.717, 1.165) is 11.5 Å². The van der Waals surface area contributed by atoms with Crippen molar-refractivity contribution >= 4 is 33.7 Å². The lowest BCUT2D eigenvalue weighted by Gasteiger charge is -2.05. The number of amides is 1. The van der Waals surface area contributed by atoms with Crippen molar-refractivity contribution in [3.05, 3.63) is 46.2 Å². The highest BCUT2D eigenvalue weighted by molar-refractivity contribution is 7.19. The number of thiazole rings is 1. The molecule has 0 radical (unpaired) electrons. The van der Waals surface area contributed by atoms with Gasteiger partial charge in [-0.15, -0.1) is 10.2 Å². The van der Waals surface area contributed by atoms with E-state index in [1.165, 1.54) is 18.3 Å². The van der Waals surface area contributed by atoms with Crippen LogP contribution in [0.4, 0.5) is 5.69 Å². The summed E-state index contributed by atoms with van der Waals surface area (Å²) in [5.74, 6) is 0.563. The van der Waals surface area contributed by atoms with Gasteiger partial charge in [-0.1, -0.05) is 11.3 Å². The molecule has 22 heavy (non-hydrogen) atoms. The molecule has 1 N–H and O–H groups in total. The SMILES string of the molecule is CC(=O)c1ccc(NC(=O)c2sc3nnc(C)n3c2C)cc1. The fourth-order valence-corrected chi connectivity index (χ4v) is 3.26. The number of aryl methyl sites for hydroxylation is 2. The highest BCUT2D eigenvalue weighted by Crippen LogP contribution is 2.23. The summed E-state index contributed by atoms with van der Waals surface area (Å²) in [6.45, 7) is 5.23. The molecule has 3 aromatic rings. The summed E-state index contributed by atoms with van der Waals surface area (Å²) in [5.41, 5.74) is 2.08. The number of carbonyl (C=O) groups excluding carboxylic acids is 2. The van der Waals surface area contributed by atoms with E-state index in [9.17, 15) is 9.59 Å². The van der Waals surface area contributed by atoms with Gasteiger partial charge in [-0.2, -0.15) is 0 Å². The van der Waals surface area contributed by atoms with Crippen LogP contribution in [0, 0.1) is 13.8 Å². The molecule has 2 aromatic heterocycles. The molecule has 0 aliphatic rings. The lowest BCUT2D eigenvalue weighted by atomic mass is 10.1. The van der Waals surface area contributed by atoms with Crippen molar-refractivity contribution in [3.8, 4) is 0 Å². The van der Waals surface area contributed by atoms with Crippen LogP contribution in [0.1, 0.15) is 38.5 Å². The predicted molar refractivity (Wildman–Crippen MR) is 84.7 cm³/mol. The number of nitrogens with zero attached hydrogens (tertiary/aromatic N) is 3. The number of nitrogens with one attached hydrogen (secondary N) is 1. The van der Waals surface area contributed by atoms with Crippen molar-refractivity contribution in [3.63, 3.8) is 0 Å². The molecule has 1 amide bonds. The summed E-state index contributed by atoms with van der Waals surface area (Å²) in [6, 6.07) is 6.82. The quantitative estimate of drug-likeness (QED) is 0.754. The molecule has 0 fully saturated rings. The summed E-state index contributed by atoms with van der Waals surface area (Å²) < 4.78 is 1.86. The van der Waals surface area contributed by atoms with E-state index in [4.69, 9.17) is 0 Å². The largest absolute Gasteiger partial charge is 0.321 e. The molecule has 0 bridgehead atoms. The number of carbonyl (C=O) groups is 2. The molecule has 1 aromatic carbocycles. The van der Waals surface area contributed by atoms with Crippen LogP contribution in [0.3, 0.4) is 0 Å². The topological polar surface area (TPSA) is 76.4 Å². The van der Waals surface area contributed by atoms with Gasteiger partial charge in [-0.25, -0.2) is 0 Å². The van der Waals surface area contributed by atoms with Crippen molar-refractivity contribution in [1.82, 2.24) is 14.6 Å². The van der Waals surface area contributed by atoms with E-state index in [1.807, 2.05) is 18.2 Å². The van der Waals surface area contributed by atoms with Crippen molar-refractivity contribution in [2.45, 2.75) is 20.8 Å². The number of anilines is 1. The summed E-state index contributed by atoms with van der Waals surface area (Å²) in [7, 11) is 0. The smallest absolute Gasteiger partial charge is 0.267 e. The third-order valence-electron chi connectivity index (χ3n) is 3.41. The molecule has 0 atom stereocenters. The van der Waals surface area contributed by atoms with Crippen LogP contribution >= 0.6 is 11.3 Å². The first kappa shape index (κ1) is 14.4. The van der Waals surface area contributed by atoms with Gasteiger partial charge in [0.25, 0.3) is 5.91 Å². The molecular formula is C15H14N4O2S. The van der Waals surface area contributed by atoms with Gasteiger partial charge in [0.15, 0.2) is 5.78 Å². The maximum atomic E-state index is 12.4. The molecular weight excluding hydrogens is 300 g/mol. The van der Waals surface area contributed by atoms with Gasteiger partial charge >= 0.3 is 0 Å². The Bertz CT molecular complexity index is 877. The van der Waals surface area contributed by atoms with Gasteiger partial charge in [0.1, 0.15) is 10.7 Å². The molecule has 0 aliphatic carbocycles. The van der Waals surface area contributed by atoms with Gasteiger partial charge in [0.05, 0.1) is 0 Å². The number of benzene rings is 1. The molecule has 0 unspecified atom stereocenters. The van der Waals surface area contributed by atoms with Gasteiger partial charge in [-0.05, 0) is 45.0 Å². The first-order valence-electron chi connectivity index (χ1n) is 6.71. The zero-order valence-electron chi connectivity index (χ0n) is 12.4. The van der Waals surface area contributed by atoms with Crippen molar-refractivity contribution in [1.29, 1.82) is 0 Å². The Kier molecular flexibility index (Phi) is 3.50. The summed E-state index contributed by atoms with van der Waals surface area (Å²) in [6.07, 6.45) is 0. The van der Waals surface area contributed by atoms with Crippen molar-refractivity contribution < 1.29 is 9.59 Å². The number of fused-ring (bicyclic) bond motifs is 1. The van der Waals surface area contributed by atoms with Crippen LogP contribution in [0.2, 0.25) is 0 Å². The van der Waals surface area contributed by atoms with Crippen LogP contribution in [0.25, 0.3) is 4.96 Å². The minimum Gasteiger partial charge on any atom is -0.321 e. The first-order valence-corrected chi connectivity index (χ1v) is 7.52. The number of hydrogen-bond acceptors (Lipinski definition) is 5. The first-order chi connectivity index (χ1) is 10.5. The Morgan fingerprint density at radius 3 is 2.41 bits per heavy atom. The van der Waals surface area contributed by atoms with Crippen LogP contribution < -0.4 is 5.32 Å². The second-order valence-electron chi connectivity index (χ2n) is 4.97. The van der Waals surface area contributed by atoms with Gasteiger partial charge in [-0.3, -0.25) is 14.0 Å². The lowest BCUT2D eigenvalue weighted by molar-refractivity contribution is 0.101. The number of hydrogen-bond donors (Lipinski definition) is 1. The summed E-state index contributed by atoms with van der Waals surface area (Å²) >= 11 is 1.30. The van der Waals surface area contributed by atoms with Crippen LogP contribution in [0.15, 0.2) is 24.3 Å². The molecule has 112 valence electrons. The Morgan fingerprint density at radius 2 is 1.82 bits per heavy atom. The molecule has 2 heterocycles. The van der Waals surface area contributed by atoms with Crippen LogP contribution in [-0.2, 0) is 0 Å². The molecule has 7 heteroatoms. The Balaban J connectivity index is 1.86. The molecule has 6 nitrogen and oxygen atoms in total. The Hall–Kier alpha value is -2.54. The number of rotatable bonds is 3. The fraction of sp³-hybridized carbons (Fsp3) is 0.200. The van der Waals surface area contributed by atoms with Crippen molar-refractivity contribution in [2.75, 3.05) is 5.32 Å². The standard InChI is InChI=1S/C15H14N4O2S/c1-8-13(22-15-18-17-10(3)19(8)15)14(21)16-12-6-4-11(5-7-12)9(2)20/h4-7H,1-3H3,(H,16,21). The number of aromatic nitrogens is 3. The molecule has 0 saturated heterocycles. The zero-order valence-corrected chi connectivity index (χ0v) is 13.2. The predicted octanol–water partition coefficient (Wildman–Crippen LogP) is 2.86. The van der Waals surface area contributed by atoms with Crippen LogP contribution in [0.5, 0.6) is 0 Å². The van der Waals surface area contributed by atoms with E-state index in [0.29, 0.717) is 21.1 Å². The minimum absolute atomic E-state index is 0.00354. The van der Waals surface area contributed by atoms with E-state index < -0.39 is 0 Å². The Morgan fingerprint density at radius 1 is 1.14 bits per heavy atom. The van der Waals surface area contributed by atoms with E-state index in [1.54, 1.807) is 24.3 Å².